The molecule has 18 heavy (non-hydrogen) atoms. The summed E-state index contributed by atoms with van der Waals surface area (Å²) in [7, 11) is 1.61. The second-order valence-corrected chi connectivity index (χ2v) is 5.89. The molecule has 0 aromatic heterocycles. The van der Waals surface area contributed by atoms with Gasteiger partial charge in [-0.3, -0.25) is 9.59 Å². The molecule has 1 amide bonds. The van der Waals surface area contributed by atoms with Crippen LogP contribution in [0.5, 0.6) is 0 Å². The van der Waals surface area contributed by atoms with Crippen LogP contribution in [0.2, 0.25) is 0 Å². The van der Waals surface area contributed by atoms with Gasteiger partial charge < -0.3 is 9.84 Å². The van der Waals surface area contributed by atoms with Crippen LogP contribution in [0.1, 0.15) is 27.2 Å². The van der Waals surface area contributed by atoms with E-state index < -0.39 is 23.6 Å². The number of hydrogen-bond donors (Lipinski definition) is 1. The molecule has 1 N–H and O–H groups in total. The second kappa shape index (κ2) is 4.68. The van der Waals surface area contributed by atoms with Crippen LogP contribution in [0.3, 0.4) is 0 Å². The zero-order chi connectivity index (χ0) is 14.1. The van der Waals surface area contributed by atoms with Crippen molar-refractivity contribution in [2.45, 2.75) is 32.8 Å². The number of hydrogen-bond acceptors (Lipinski definition) is 4. The number of amides is 1. The summed E-state index contributed by atoms with van der Waals surface area (Å²) in [6, 6.07) is 0. The first kappa shape index (κ1) is 14.6. The minimum Gasteiger partial charge on any atom is -0.481 e. The number of ether oxygens (including phenoxy) is 1. The number of quaternary nitrogens is 1. The van der Waals surface area contributed by atoms with Crippen molar-refractivity contribution in [2.24, 2.45) is 5.92 Å². The van der Waals surface area contributed by atoms with Gasteiger partial charge in [0.25, 0.3) is 0 Å². The Hall–Kier alpha value is -1.43. The predicted molar refractivity (Wildman–Crippen MR) is 62.9 cm³/mol. The van der Waals surface area contributed by atoms with Crippen molar-refractivity contribution in [3.8, 4) is 0 Å². The van der Waals surface area contributed by atoms with E-state index in [-0.39, 0.29) is 29.8 Å². The second-order valence-electron chi connectivity index (χ2n) is 5.89. The standard InChI is InChI=1S/C12H19NO5/c1-12(2,3)18-11(17)13(4)6-5-9(14)8(7-13)10(15)16/h8H,5-7H2,1-4H3/p+1. The summed E-state index contributed by atoms with van der Waals surface area (Å²) in [5.74, 6) is -2.61. The van der Waals surface area contributed by atoms with E-state index in [2.05, 4.69) is 0 Å². The fourth-order valence-corrected chi connectivity index (χ4v) is 1.88. The highest BCUT2D eigenvalue weighted by atomic mass is 16.6. The van der Waals surface area contributed by atoms with Gasteiger partial charge in [-0.1, -0.05) is 0 Å². The van der Waals surface area contributed by atoms with Crippen molar-refractivity contribution in [1.82, 2.24) is 0 Å². The molecule has 1 aliphatic rings. The van der Waals surface area contributed by atoms with E-state index in [1.54, 1.807) is 27.8 Å². The fraction of sp³-hybridized carbons (Fsp3) is 0.750. The van der Waals surface area contributed by atoms with E-state index in [1.165, 1.54) is 0 Å². The number of carboxylic acid groups (broad SMARTS) is 1. The van der Waals surface area contributed by atoms with Crippen LogP contribution in [-0.4, -0.2) is 53.2 Å². The van der Waals surface area contributed by atoms with Crippen LogP contribution >= 0.6 is 0 Å². The van der Waals surface area contributed by atoms with Gasteiger partial charge in [0.15, 0.2) is 11.7 Å². The Morgan fingerprint density at radius 2 is 1.94 bits per heavy atom. The lowest BCUT2D eigenvalue weighted by atomic mass is 9.95. The van der Waals surface area contributed by atoms with E-state index in [0.717, 1.165) is 0 Å². The van der Waals surface area contributed by atoms with Crippen LogP contribution in [0.25, 0.3) is 0 Å². The molecule has 0 spiro atoms. The number of piperidine rings is 1. The monoisotopic (exact) mass is 258 g/mol. The van der Waals surface area contributed by atoms with Crippen molar-refractivity contribution in [1.29, 1.82) is 0 Å². The number of rotatable bonds is 1. The summed E-state index contributed by atoms with van der Waals surface area (Å²) in [6.07, 6.45) is -0.395. The highest BCUT2D eigenvalue weighted by Gasteiger charge is 2.47. The average Bonchev–Trinajstić information content (AvgIpc) is 2.19. The molecule has 0 aromatic rings. The molecule has 6 heteroatoms. The molecule has 0 bridgehead atoms. The van der Waals surface area contributed by atoms with E-state index in [9.17, 15) is 14.4 Å². The van der Waals surface area contributed by atoms with Crippen LogP contribution < -0.4 is 0 Å². The maximum Gasteiger partial charge on any atom is 0.516 e. The quantitative estimate of drug-likeness (QED) is 0.561. The third-order valence-corrected chi connectivity index (χ3v) is 2.96. The lowest BCUT2D eigenvalue weighted by molar-refractivity contribution is -0.842. The molecule has 0 radical (unpaired) electrons. The van der Waals surface area contributed by atoms with Crippen molar-refractivity contribution < 1.29 is 28.7 Å². The zero-order valence-corrected chi connectivity index (χ0v) is 11.2. The van der Waals surface area contributed by atoms with Gasteiger partial charge in [0.1, 0.15) is 12.1 Å². The Morgan fingerprint density at radius 1 is 1.39 bits per heavy atom. The molecule has 1 heterocycles. The normalized spacial score (nSPS) is 28.9. The highest BCUT2D eigenvalue weighted by molar-refractivity contribution is 5.99. The van der Waals surface area contributed by atoms with Crippen LogP contribution in [-0.2, 0) is 14.3 Å². The average molecular weight is 258 g/mol. The summed E-state index contributed by atoms with van der Waals surface area (Å²) < 4.78 is 5.11. The van der Waals surface area contributed by atoms with Gasteiger partial charge in [0, 0.05) is 0 Å². The highest BCUT2D eigenvalue weighted by Crippen LogP contribution is 2.23. The maximum atomic E-state index is 12.1. The summed E-state index contributed by atoms with van der Waals surface area (Å²) in [6.45, 7) is 5.50. The molecule has 0 aliphatic carbocycles. The van der Waals surface area contributed by atoms with Crippen LogP contribution in [0.4, 0.5) is 4.79 Å². The van der Waals surface area contributed by atoms with Crippen molar-refractivity contribution in [2.75, 3.05) is 20.1 Å². The Labute approximate surface area is 106 Å². The first-order valence-electron chi connectivity index (χ1n) is 5.89. The number of Topliss-reactive ketones (excluding diaryl/α,β-unsaturated/α-hetero) is 1. The fourth-order valence-electron chi connectivity index (χ4n) is 1.88. The van der Waals surface area contributed by atoms with Crippen LogP contribution in [0, 0.1) is 5.92 Å². The topological polar surface area (TPSA) is 80.7 Å². The number of likely N-dealkylation sites (tertiary alicyclic amines) is 1. The Bertz CT molecular complexity index is 384. The predicted octanol–water partition coefficient (Wildman–Crippen LogP) is 1.04. The lowest BCUT2D eigenvalue weighted by Crippen LogP contribution is -2.60. The van der Waals surface area contributed by atoms with Gasteiger partial charge in [-0.05, 0) is 20.8 Å². The molecule has 1 aliphatic heterocycles. The molecule has 6 nitrogen and oxygen atoms in total. The summed E-state index contributed by atoms with van der Waals surface area (Å²) in [5.41, 5.74) is -0.626. The van der Waals surface area contributed by atoms with Gasteiger partial charge in [-0.15, -0.1) is 0 Å². The van der Waals surface area contributed by atoms with Gasteiger partial charge in [0.05, 0.1) is 20.0 Å². The largest absolute Gasteiger partial charge is 0.516 e. The minimum absolute atomic E-state index is 0.0386. The molecule has 1 fully saturated rings. The third-order valence-electron chi connectivity index (χ3n) is 2.96. The SMILES string of the molecule is CC(C)(C)OC(=O)[N+]1(C)CCC(=O)C(C(=O)O)C1. The summed E-state index contributed by atoms with van der Waals surface area (Å²) >= 11 is 0. The number of carbonyl (C=O) groups is 3. The van der Waals surface area contributed by atoms with Gasteiger partial charge in [-0.25, -0.2) is 4.48 Å². The molecule has 1 rings (SSSR count). The third kappa shape index (κ3) is 3.29. The first-order valence-corrected chi connectivity index (χ1v) is 5.89. The van der Waals surface area contributed by atoms with Gasteiger partial charge in [-0.2, -0.15) is 4.79 Å². The number of nitrogens with zero attached hydrogens (tertiary/aromatic N) is 1. The van der Waals surface area contributed by atoms with Crippen molar-refractivity contribution in [3.05, 3.63) is 0 Å². The number of ketones is 1. The maximum absolute atomic E-state index is 12.1. The smallest absolute Gasteiger partial charge is 0.481 e. The van der Waals surface area contributed by atoms with E-state index >= 15 is 0 Å². The van der Waals surface area contributed by atoms with E-state index in [4.69, 9.17) is 9.84 Å². The Morgan fingerprint density at radius 3 is 2.39 bits per heavy atom. The molecule has 1 saturated heterocycles. The number of aliphatic carboxylic acids is 1. The molecular formula is C12H20NO5+. The molecule has 0 aromatic carbocycles. The van der Waals surface area contributed by atoms with Gasteiger partial charge >= 0.3 is 12.1 Å². The Balaban J connectivity index is 2.84. The van der Waals surface area contributed by atoms with Crippen molar-refractivity contribution >= 4 is 17.8 Å². The Kier molecular flexibility index (Phi) is 3.81. The first-order chi connectivity index (χ1) is 8.05. The van der Waals surface area contributed by atoms with Gasteiger partial charge in [0.2, 0.25) is 0 Å². The number of carbonyl (C=O) groups excluding carboxylic acids is 2. The van der Waals surface area contributed by atoms with Crippen LogP contribution in [0.15, 0.2) is 0 Å². The van der Waals surface area contributed by atoms with E-state index in [0.29, 0.717) is 0 Å². The summed E-state index contributed by atoms with van der Waals surface area (Å²) in [4.78, 5) is 34.5. The van der Waals surface area contributed by atoms with Crippen molar-refractivity contribution in [3.63, 3.8) is 0 Å². The number of carboxylic acids is 1. The zero-order valence-electron chi connectivity index (χ0n) is 11.2. The molecule has 0 saturated carbocycles. The molecule has 102 valence electrons. The molecule has 2 atom stereocenters. The molecular weight excluding hydrogens is 238 g/mol. The molecule has 2 unspecified atom stereocenters. The lowest BCUT2D eigenvalue weighted by Gasteiger charge is -2.37. The minimum atomic E-state index is -1.17. The van der Waals surface area contributed by atoms with E-state index in [1.807, 2.05) is 0 Å². The summed E-state index contributed by atoms with van der Waals surface area (Å²) in [5, 5.41) is 8.97.